The molecule has 4 heteroatoms. The fourth-order valence-corrected chi connectivity index (χ4v) is 1.57. The minimum Gasteiger partial charge on any atom is -0.465 e. The number of hydrogen-bond acceptors (Lipinski definition) is 3. The molecular weight excluding hydrogens is 233 g/mol. The van der Waals surface area contributed by atoms with Gasteiger partial charge in [0.1, 0.15) is 5.82 Å². The second-order valence-corrected chi connectivity index (χ2v) is 4.34. The molecule has 0 radical (unpaired) electrons. The zero-order valence-corrected chi connectivity index (χ0v) is 11.0. The van der Waals surface area contributed by atoms with Gasteiger partial charge in [0.15, 0.2) is 0 Å². The number of halogens is 1. The van der Waals surface area contributed by atoms with E-state index in [2.05, 4.69) is 0 Å². The van der Waals surface area contributed by atoms with Crippen LogP contribution in [0, 0.1) is 5.82 Å². The Kier molecular flexibility index (Phi) is 6.36. The zero-order chi connectivity index (χ0) is 13.4. The van der Waals surface area contributed by atoms with E-state index in [-0.39, 0.29) is 18.3 Å². The lowest BCUT2D eigenvalue weighted by molar-refractivity contribution is -0.144. The summed E-state index contributed by atoms with van der Waals surface area (Å²) >= 11 is 0. The SMILES string of the molecule is CCCCOC(=O)CN(C)Cc1ccccc1F. The first kappa shape index (κ1) is 14.6. The predicted octanol–water partition coefficient (Wildman–Crippen LogP) is 2.60. The Morgan fingerprint density at radius 2 is 2.11 bits per heavy atom. The van der Waals surface area contributed by atoms with Crippen molar-refractivity contribution in [1.29, 1.82) is 0 Å². The highest BCUT2D eigenvalue weighted by atomic mass is 19.1. The minimum atomic E-state index is -0.262. The predicted molar refractivity (Wildman–Crippen MR) is 68.6 cm³/mol. The van der Waals surface area contributed by atoms with E-state index >= 15 is 0 Å². The summed E-state index contributed by atoms with van der Waals surface area (Å²) in [4.78, 5) is 13.2. The number of carbonyl (C=O) groups excluding carboxylic acids is 1. The first-order chi connectivity index (χ1) is 8.63. The monoisotopic (exact) mass is 253 g/mol. The minimum absolute atomic E-state index is 0.179. The quantitative estimate of drug-likeness (QED) is 0.552. The van der Waals surface area contributed by atoms with Crippen LogP contribution < -0.4 is 0 Å². The van der Waals surface area contributed by atoms with Gasteiger partial charge in [0.25, 0.3) is 0 Å². The Morgan fingerprint density at radius 3 is 2.78 bits per heavy atom. The van der Waals surface area contributed by atoms with E-state index in [1.165, 1.54) is 6.07 Å². The molecule has 0 aliphatic carbocycles. The van der Waals surface area contributed by atoms with E-state index in [0.717, 1.165) is 12.8 Å². The van der Waals surface area contributed by atoms with Crippen molar-refractivity contribution < 1.29 is 13.9 Å². The Labute approximate surface area is 108 Å². The Hall–Kier alpha value is -1.42. The lowest BCUT2D eigenvalue weighted by Crippen LogP contribution is -2.27. The van der Waals surface area contributed by atoms with Crippen LogP contribution >= 0.6 is 0 Å². The van der Waals surface area contributed by atoms with Gasteiger partial charge in [-0.15, -0.1) is 0 Å². The third kappa shape index (κ3) is 5.27. The van der Waals surface area contributed by atoms with Crippen molar-refractivity contribution in [2.24, 2.45) is 0 Å². The first-order valence-corrected chi connectivity index (χ1v) is 6.21. The van der Waals surface area contributed by atoms with Crippen LogP contribution in [0.25, 0.3) is 0 Å². The molecule has 0 amide bonds. The van der Waals surface area contributed by atoms with Crippen LogP contribution in [-0.2, 0) is 16.1 Å². The summed E-state index contributed by atoms with van der Waals surface area (Å²) < 4.78 is 18.4. The summed E-state index contributed by atoms with van der Waals surface area (Å²) in [5.74, 6) is -0.508. The molecule has 0 heterocycles. The van der Waals surface area contributed by atoms with Gasteiger partial charge in [-0.05, 0) is 19.5 Å². The number of nitrogens with zero attached hydrogens (tertiary/aromatic N) is 1. The molecular formula is C14H20FNO2. The van der Waals surface area contributed by atoms with Crippen LogP contribution in [0.4, 0.5) is 4.39 Å². The fourth-order valence-electron chi connectivity index (χ4n) is 1.57. The summed E-state index contributed by atoms with van der Waals surface area (Å²) in [7, 11) is 1.77. The molecule has 0 atom stereocenters. The van der Waals surface area contributed by atoms with Crippen molar-refractivity contribution in [3.63, 3.8) is 0 Å². The molecule has 0 fully saturated rings. The van der Waals surface area contributed by atoms with Gasteiger partial charge in [-0.2, -0.15) is 0 Å². The van der Waals surface area contributed by atoms with Crippen LogP contribution in [0.1, 0.15) is 25.3 Å². The molecule has 0 saturated heterocycles. The molecule has 0 saturated carbocycles. The molecule has 0 N–H and O–H groups in total. The molecule has 1 rings (SSSR count). The summed E-state index contributed by atoms with van der Waals surface area (Å²) in [6.45, 7) is 3.08. The van der Waals surface area contributed by atoms with Gasteiger partial charge < -0.3 is 4.74 Å². The molecule has 0 spiro atoms. The molecule has 0 aromatic heterocycles. The van der Waals surface area contributed by atoms with Crippen molar-refractivity contribution in [3.05, 3.63) is 35.6 Å². The Balaban J connectivity index is 2.35. The van der Waals surface area contributed by atoms with Crippen molar-refractivity contribution in [2.45, 2.75) is 26.3 Å². The van der Waals surface area contributed by atoms with E-state index in [4.69, 9.17) is 4.74 Å². The molecule has 0 bridgehead atoms. The fraction of sp³-hybridized carbons (Fsp3) is 0.500. The standard InChI is InChI=1S/C14H20FNO2/c1-3-4-9-18-14(17)11-16(2)10-12-7-5-6-8-13(12)15/h5-8H,3-4,9-11H2,1-2H3. The maximum atomic E-state index is 13.4. The molecule has 1 aromatic carbocycles. The normalized spacial score (nSPS) is 10.7. The number of rotatable bonds is 7. The van der Waals surface area contributed by atoms with Crippen molar-refractivity contribution in [2.75, 3.05) is 20.2 Å². The number of ether oxygens (including phenoxy) is 1. The molecule has 0 aliphatic heterocycles. The molecule has 0 unspecified atom stereocenters. The van der Waals surface area contributed by atoms with Gasteiger partial charge in [0.2, 0.25) is 0 Å². The largest absolute Gasteiger partial charge is 0.465 e. The van der Waals surface area contributed by atoms with Gasteiger partial charge in [-0.25, -0.2) is 4.39 Å². The maximum absolute atomic E-state index is 13.4. The zero-order valence-electron chi connectivity index (χ0n) is 11.0. The molecule has 18 heavy (non-hydrogen) atoms. The number of unbranched alkanes of at least 4 members (excludes halogenated alkanes) is 1. The first-order valence-electron chi connectivity index (χ1n) is 6.21. The topological polar surface area (TPSA) is 29.5 Å². The van der Waals surface area contributed by atoms with E-state index in [0.29, 0.717) is 18.7 Å². The highest BCUT2D eigenvalue weighted by molar-refractivity contribution is 5.71. The van der Waals surface area contributed by atoms with E-state index < -0.39 is 0 Å². The van der Waals surface area contributed by atoms with Gasteiger partial charge in [-0.1, -0.05) is 31.5 Å². The summed E-state index contributed by atoms with van der Waals surface area (Å²) in [6, 6.07) is 6.57. The third-order valence-corrected chi connectivity index (χ3v) is 2.56. The molecule has 3 nitrogen and oxygen atoms in total. The number of carbonyl (C=O) groups is 1. The average Bonchev–Trinajstić information content (AvgIpc) is 2.32. The highest BCUT2D eigenvalue weighted by Gasteiger charge is 2.10. The summed E-state index contributed by atoms with van der Waals surface area (Å²) in [5, 5.41) is 0. The van der Waals surface area contributed by atoms with Crippen LogP contribution in [-0.4, -0.2) is 31.1 Å². The number of esters is 1. The van der Waals surface area contributed by atoms with Crippen molar-refractivity contribution in [1.82, 2.24) is 4.90 Å². The van der Waals surface area contributed by atoms with Gasteiger partial charge in [0.05, 0.1) is 13.2 Å². The van der Waals surface area contributed by atoms with Crippen LogP contribution in [0.5, 0.6) is 0 Å². The highest BCUT2D eigenvalue weighted by Crippen LogP contribution is 2.08. The van der Waals surface area contributed by atoms with E-state index in [9.17, 15) is 9.18 Å². The lowest BCUT2D eigenvalue weighted by atomic mass is 10.2. The number of likely N-dealkylation sites (N-methyl/N-ethyl adjacent to an activating group) is 1. The molecule has 100 valence electrons. The summed E-state index contributed by atoms with van der Waals surface area (Å²) in [6.07, 6.45) is 1.88. The van der Waals surface area contributed by atoms with Crippen LogP contribution in [0.2, 0.25) is 0 Å². The third-order valence-electron chi connectivity index (χ3n) is 2.56. The molecule has 0 aliphatic rings. The Bertz CT molecular complexity index is 382. The van der Waals surface area contributed by atoms with Gasteiger partial charge in [-0.3, -0.25) is 9.69 Å². The van der Waals surface area contributed by atoms with Crippen LogP contribution in [0.15, 0.2) is 24.3 Å². The smallest absolute Gasteiger partial charge is 0.320 e. The maximum Gasteiger partial charge on any atom is 0.320 e. The number of benzene rings is 1. The lowest BCUT2D eigenvalue weighted by Gasteiger charge is -2.16. The number of hydrogen-bond donors (Lipinski definition) is 0. The van der Waals surface area contributed by atoms with Gasteiger partial charge >= 0.3 is 5.97 Å². The van der Waals surface area contributed by atoms with Crippen molar-refractivity contribution >= 4 is 5.97 Å². The van der Waals surface area contributed by atoms with Gasteiger partial charge in [0, 0.05) is 12.1 Å². The second kappa shape index (κ2) is 7.82. The van der Waals surface area contributed by atoms with Crippen LogP contribution in [0.3, 0.4) is 0 Å². The molecule has 1 aromatic rings. The second-order valence-electron chi connectivity index (χ2n) is 4.34. The Morgan fingerprint density at radius 1 is 1.39 bits per heavy atom. The van der Waals surface area contributed by atoms with E-state index in [1.54, 1.807) is 30.1 Å². The van der Waals surface area contributed by atoms with Crippen molar-refractivity contribution in [3.8, 4) is 0 Å². The summed E-state index contributed by atoms with van der Waals surface area (Å²) in [5.41, 5.74) is 0.585. The average molecular weight is 253 g/mol. The van der Waals surface area contributed by atoms with E-state index in [1.807, 2.05) is 6.92 Å².